The van der Waals surface area contributed by atoms with E-state index in [0.29, 0.717) is 10.6 Å². The molecule has 1 amide bonds. The molecule has 2 aromatic carbocycles. The number of rotatable bonds is 10. The Hall–Kier alpha value is -4.67. The van der Waals surface area contributed by atoms with Crippen LogP contribution in [0.25, 0.3) is 16.9 Å². The molecule has 3 rings (SSSR count). The van der Waals surface area contributed by atoms with E-state index in [1.165, 1.54) is 19.1 Å². The van der Waals surface area contributed by atoms with Gasteiger partial charge in [0.05, 0.1) is 33.7 Å². The first-order chi connectivity index (χ1) is 20.3. The molecule has 1 N–H and O–H groups in total. The lowest BCUT2D eigenvalue weighted by Crippen LogP contribution is -2.41. The predicted octanol–water partition coefficient (Wildman–Crippen LogP) is 4.35. The number of aryl methyl sites for hydroxylation is 1. The molecule has 1 atom stereocenters. The molecule has 0 spiro atoms. The molecule has 1 aromatic heterocycles. The van der Waals surface area contributed by atoms with E-state index in [2.05, 4.69) is 10.4 Å². The zero-order valence-electron chi connectivity index (χ0n) is 24.6. The summed E-state index contributed by atoms with van der Waals surface area (Å²) in [4.78, 5) is 28.5. The van der Waals surface area contributed by atoms with Crippen molar-refractivity contribution in [3.05, 3.63) is 71.1 Å². The van der Waals surface area contributed by atoms with Gasteiger partial charge in [0.1, 0.15) is 0 Å². The number of hydrogen-bond donors (Lipinski definition) is 1. The maximum Gasteiger partial charge on any atom is 0.435 e. The molecule has 1 heterocycles. The van der Waals surface area contributed by atoms with Crippen LogP contribution < -0.4 is 4.72 Å². The van der Waals surface area contributed by atoms with Crippen LogP contribution in [0, 0.1) is 17.5 Å². The van der Waals surface area contributed by atoms with Gasteiger partial charge in [-0.25, -0.2) is 17.8 Å². The number of carbonyl (C=O) groups is 2. The smallest absolute Gasteiger partial charge is 0.435 e. The van der Waals surface area contributed by atoms with E-state index in [4.69, 9.17) is 9.57 Å². The van der Waals surface area contributed by atoms with Crippen LogP contribution in [-0.2, 0) is 35.4 Å². The number of carbonyl (C=O) groups excluding carboxylic acids is 2. The van der Waals surface area contributed by atoms with Crippen LogP contribution in [0.4, 0.5) is 13.2 Å². The minimum Gasteiger partial charge on any atom is -0.569 e. The number of hydrazine groups is 1. The van der Waals surface area contributed by atoms with Gasteiger partial charge in [0, 0.05) is 12.5 Å². The highest BCUT2D eigenvalue weighted by atomic mass is 32.2. The summed E-state index contributed by atoms with van der Waals surface area (Å²) in [6.45, 7) is 7.22. The Labute approximate surface area is 251 Å². The number of hydrogen-bond acceptors (Lipinski definition) is 9. The normalized spacial score (nSPS) is 13.2. The van der Waals surface area contributed by atoms with Gasteiger partial charge in [-0.15, -0.1) is 5.01 Å². The third-order valence-electron chi connectivity index (χ3n) is 5.80. The third kappa shape index (κ3) is 8.68. The van der Waals surface area contributed by atoms with Gasteiger partial charge in [-0.2, -0.15) is 18.3 Å². The third-order valence-corrected chi connectivity index (χ3v) is 7.19. The number of aromatic nitrogens is 2. The summed E-state index contributed by atoms with van der Waals surface area (Å²) in [7, 11) is -3.32. The fraction of sp³-hybridized carbons (Fsp3) is 0.370. The molecule has 13 nitrogen and oxygen atoms in total. The number of nitrogens with zero attached hydrogens (tertiary/aromatic N) is 5. The van der Waals surface area contributed by atoms with Crippen LogP contribution >= 0.6 is 0 Å². The SMILES string of the molecule is Cc1ccc(-c2cc(C(F)(F)F)nn2-c2ccc(S(=O)(=O)NC(=O)CN(C)[N+]([O-])=NOC(C)OC(=O)C(C)(C)C)cc2)cc1. The average molecular weight is 641 g/mol. The molecule has 17 heteroatoms. The number of likely N-dealkylation sites (N-methyl/N-ethyl adjacent to an activating group) is 1. The zero-order valence-corrected chi connectivity index (χ0v) is 25.4. The number of benzene rings is 2. The highest BCUT2D eigenvalue weighted by Crippen LogP contribution is 2.33. The van der Waals surface area contributed by atoms with E-state index in [0.717, 1.165) is 35.5 Å². The van der Waals surface area contributed by atoms with E-state index in [9.17, 15) is 36.4 Å². The minimum absolute atomic E-state index is 0.127. The molecule has 238 valence electrons. The van der Waals surface area contributed by atoms with Crippen molar-refractivity contribution in [2.75, 3.05) is 13.6 Å². The van der Waals surface area contributed by atoms with Crippen LogP contribution in [0.2, 0.25) is 0 Å². The highest BCUT2D eigenvalue weighted by Gasteiger charge is 2.35. The first-order valence-electron chi connectivity index (χ1n) is 12.9. The summed E-state index contributed by atoms with van der Waals surface area (Å²) < 4.78 is 73.8. The van der Waals surface area contributed by atoms with E-state index >= 15 is 0 Å². The highest BCUT2D eigenvalue weighted by molar-refractivity contribution is 7.90. The van der Waals surface area contributed by atoms with Crippen molar-refractivity contribution in [1.29, 1.82) is 0 Å². The van der Waals surface area contributed by atoms with Gasteiger partial charge in [0.15, 0.2) is 12.2 Å². The van der Waals surface area contributed by atoms with Crippen molar-refractivity contribution in [3.63, 3.8) is 0 Å². The van der Waals surface area contributed by atoms with Crippen LogP contribution in [0.3, 0.4) is 0 Å². The number of amides is 1. The fourth-order valence-electron chi connectivity index (χ4n) is 3.44. The second-order valence-electron chi connectivity index (χ2n) is 10.7. The lowest BCUT2D eigenvalue weighted by atomic mass is 9.97. The van der Waals surface area contributed by atoms with E-state index < -0.39 is 52.0 Å². The van der Waals surface area contributed by atoms with Crippen molar-refractivity contribution < 1.29 is 45.7 Å². The molecule has 0 saturated carbocycles. The molecule has 0 aliphatic carbocycles. The molecular weight excluding hydrogens is 609 g/mol. The van der Waals surface area contributed by atoms with Gasteiger partial charge in [-0.05, 0) is 58.0 Å². The largest absolute Gasteiger partial charge is 0.569 e. The first kappa shape index (κ1) is 33.8. The van der Waals surface area contributed by atoms with Gasteiger partial charge in [-0.1, -0.05) is 29.8 Å². The molecule has 0 radical (unpaired) electrons. The lowest BCUT2D eigenvalue weighted by Gasteiger charge is -2.19. The quantitative estimate of drug-likeness (QED) is 0.112. The Balaban J connectivity index is 1.71. The molecule has 1 unspecified atom stereocenters. The van der Waals surface area contributed by atoms with E-state index in [1.807, 2.05) is 6.92 Å². The number of esters is 1. The number of halogens is 3. The Morgan fingerprint density at radius 3 is 2.25 bits per heavy atom. The summed E-state index contributed by atoms with van der Waals surface area (Å²) in [5, 5.41) is 19.6. The maximum absolute atomic E-state index is 13.5. The molecule has 0 aliphatic heterocycles. The standard InChI is InChI=1S/C27H31F3N6O7S/c1-17-7-9-19(10-8-17)22-15-23(27(28,29)30)31-35(22)20-11-13-21(14-12-20)44(40,41)32-24(37)16-34(6)36(39)33-43-18(2)42-25(38)26(3,4)5/h7-15,18H,16H2,1-6H3,(H,32,37). The van der Waals surface area contributed by atoms with Crippen molar-refractivity contribution in [2.24, 2.45) is 10.7 Å². The first-order valence-corrected chi connectivity index (χ1v) is 14.4. The van der Waals surface area contributed by atoms with Crippen LogP contribution in [-0.4, -0.2) is 59.9 Å². The average Bonchev–Trinajstić information content (AvgIpc) is 3.37. The summed E-state index contributed by atoms with van der Waals surface area (Å²) in [6.07, 6.45) is -5.94. The van der Waals surface area contributed by atoms with Crippen LogP contribution in [0.5, 0.6) is 0 Å². The van der Waals surface area contributed by atoms with Gasteiger partial charge in [0.25, 0.3) is 22.2 Å². The van der Waals surface area contributed by atoms with E-state index in [1.54, 1.807) is 49.8 Å². The van der Waals surface area contributed by atoms with Crippen LogP contribution in [0.1, 0.15) is 39.0 Å². The van der Waals surface area contributed by atoms with Gasteiger partial charge < -0.3 is 9.94 Å². The molecule has 0 aliphatic rings. The molecule has 0 saturated heterocycles. The topological polar surface area (TPSA) is 158 Å². The Morgan fingerprint density at radius 1 is 1.11 bits per heavy atom. The van der Waals surface area contributed by atoms with E-state index in [-0.39, 0.29) is 21.2 Å². The number of nitrogens with one attached hydrogen (secondary N) is 1. The second kappa shape index (κ2) is 12.9. The molecular formula is C27H31F3N6O7S. The molecule has 44 heavy (non-hydrogen) atoms. The second-order valence-corrected chi connectivity index (χ2v) is 12.4. The summed E-state index contributed by atoms with van der Waals surface area (Å²) in [6, 6.07) is 12.3. The molecule has 0 bridgehead atoms. The summed E-state index contributed by atoms with van der Waals surface area (Å²) >= 11 is 0. The fourth-order valence-corrected chi connectivity index (χ4v) is 4.42. The molecule has 0 fully saturated rings. The number of sulfonamides is 1. The predicted molar refractivity (Wildman–Crippen MR) is 149 cm³/mol. The molecule has 3 aromatic rings. The van der Waals surface area contributed by atoms with Crippen molar-refractivity contribution in [3.8, 4) is 16.9 Å². The maximum atomic E-state index is 13.5. The van der Waals surface area contributed by atoms with Gasteiger partial charge in [-0.3, -0.25) is 14.4 Å². The lowest BCUT2D eigenvalue weighted by molar-refractivity contribution is -0.705. The number of alkyl halides is 3. The minimum atomic E-state index is -4.72. The summed E-state index contributed by atoms with van der Waals surface area (Å²) in [5.41, 5.74) is -0.342. The summed E-state index contributed by atoms with van der Waals surface area (Å²) in [5.74, 6) is -1.71. The Kier molecular flexibility index (Phi) is 9.92. The Morgan fingerprint density at radius 2 is 1.70 bits per heavy atom. The monoisotopic (exact) mass is 640 g/mol. The Bertz CT molecular complexity index is 1630. The zero-order chi connectivity index (χ0) is 33.0. The van der Waals surface area contributed by atoms with Crippen molar-refractivity contribution in [1.82, 2.24) is 19.5 Å². The van der Waals surface area contributed by atoms with Gasteiger partial charge in [0.2, 0.25) is 5.28 Å². The van der Waals surface area contributed by atoms with Crippen molar-refractivity contribution in [2.45, 2.75) is 52.0 Å². The number of ether oxygens (including phenoxy) is 1. The van der Waals surface area contributed by atoms with Gasteiger partial charge >= 0.3 is 12.1 Å². The van der Waals surface area contributed by atoms with Crippen LogP contribution in [0.15, 0.2) is 64.8 Å². The van der Waals surface area contributed by atoms with Crippen molar-refractivity contribution >= 4 is 21.9 Å².